The quantitative estimate of drug-likeness (QED) is 0.631. The summed E-state index contributed by atoms with van der Waals surface area (Å²) in [6, 6.07) is 22.7. The molecule has 3 aromatic carbocycles. The average molecular weight is 331 g/mol. The lowest BCUT2D eigenvalue weighted by atomic mass is 9.91. The van der Waals surface area contributed by atoms with Gasteiger partial charge in [0, 0.05) is 0 Å². The molecule has 126 valence electrons. The van der Waals surface area contributed by atoms with Gasteiger partial charge in [-0.1, -0.05) is 42.5 Å². The smallest absolute Gasteiger partial charge is 0.161 e. The van der Waals surface area contributed by atoms with Gasteiger partial charge in [-0.2, -0.15) is 5.26 Å². The molecule has 0 heterocycles. The molecule has 0 radical (unpaired) electrons. The fourth-order valence-electron chi connectivity index (χ4n) is 3.01. The first kappa shape index (κ1) is 16.9. The monoisotopic (exact) mass is 331 g/mol. The Balaban J connectivity index is 1.88. The number of nitriles is 1. The normalized spacial score (nSPS) is 11.7. The molecule has 1 unspecified atom stereocenters. The summed E-state index contributed by atoms with van der Waals surface area (Å²) in [5.74, 6) is 1.23. The van der Waals surface area contributed by atoms with E-state index in [1.807, 2.05) is 43.3 Å². The van der Waals surface area contributed by atoms with Crippen LogP contribution in [0.4, 0.5) is 0 Å². The third-order valence-corrected chi connectivity index (χ3v) is 4.30. The van der Waals surface area contributed by atoms with Gasteiger partial charge in [0.15, 0.2) is 11.5 Å². The maximum absolute atomic E-state index is 9.68. The average Bonchev–Trinajstić information content (AvgIpc) is 2.66. The molecule has 0 aliphatic heterocycles. The van der Waals surface area contributed by atoms with E-state index in [9.17, 15) is 5.26 Å². The zero-order chi connectivity index (χ0) is 17.6. The molecule has 3 aromatic rings. The molecule has 25 heavy (non-hydrogen) atoms. The van der Waals surface area contributed by atoms with E-state index in [-0.39, 0.29) is 5.92 Å². The van der Waals surface area contributed by atoms with Crippen LogP contribution in [0.15, 0.2) is 60.7 Å². The molecule has 0 bridgehead atoms. The predicted molar refractivity (Wildman–Crippen MR) is 100 cm³/mol. The highest BCUT2D eigenvalue weighted by Crippen LogP contribution is 2.31. The van der Waals surface area contributed by atoms with Crippen molar-refractivity contribution in [3.05, 3.63) is 71.8 Å². The second-order valence-corrected chi connectivity index (χ2v) is 5.91. The summed E-state index contributed by atoms with van der Waals surface area (Å²) in [4.78, 5) is 0. The Morgan fingerprint density at radius 1 is 0.960 bits per heavy atom. The molecule has 3 heteroatoms. The lowest BCUT2D eigenvalue weighted by molar-refractivity contribution is 0.310. The van der Waals surface area contributed by atoms with E-state index >= 15 is 0 Å². The molecule has 0 aliphatic carbocycles. The number of rotatable bonds is 6. The third kappa shape index (κ3) is 3.75. The van der Waals surface area contributed by atoms with E-state index in [2.05, 4.69) is 30.3 Å². The fourth-order valence-corrected chi connectivity index (χ4v) is 3.01. The maximum atomic E-state index is 9.68. The van der Waals surface area contributed by atoms with Crippen LogP contribution in [-0.4, -0.2) is 13.7 Å². The Kier molecular flexibility index (Phi) is 5.20. The summed E-state index contributed by atoms with van der Waals surface area (Å²) < 4.78 is 11.0. The van der Waals surface area contributed by atoms with E-state index in [1.165, 1.54) is 5.39 Å². The molecule has 3 nitrogen and oxygen atoms in total. The molecule has 0 fully saturated rings. The van der Waals surface area contributed by atoms with Crippen LogP contribution in [0.5, 0.6) is 11.5 Å². The van der Waals surface area contributed by atoms with Gasteiger partial charge < -0.3 is 9.47 Å². The van der Waals surface area contributed by atoms with Crippen molar-refractivity contribution >= 4 is 10.8 Å². The number of methoxy groups -OCH3 is 1. The highest BCUT2D eigenvalue weighted by molar-refractivity contribution is 5.83. The number of hydrogen-bond donors (Lipinski definition) is 0. The van der Waals surface area contributed by atoms with Crippen LogP contribution >= 0.6 is 0 Å². The number of benzene rings is 3. The Hall–Kier alpha value is -2.99. The topological polar surface area (TPSA) is 42.2 Å². The lowest BCUT2D eigenvalue weighted by Crippen LogP contribution is -2.02. The molecular formula is C22H21NO2. The summed E-state index contributed by atoms with van der Waals surface area (Å²) in [5, 5.41) is 12.0. The second-order valence-electron chi connectivity index (χ2n) is 5.91. The molecular weight excluding hydrogens is 310 g/mol. The highest BCUT2D eigenvalue weighted by atomic mass is 16.5. The van der Waals surface area contributed by atoms with E-state index in [0.717, 1.165) is 22.3 Å². The lowest BCUT2D eigenvalue weighted by Gasteiger charge is -2.14. The Labute approximate surface area is 148 Å². The summed E-state index contributed by atoms with van der Waals surface area (Å²) in [5.41, 5.74) is 2.10. The van der Waals surface area contributed by atoms with Gasteiger partial charge in [0.1, 0.15) is 0 Å². The summed E-state index contributed by atoms with van der Waals surface area (Å²) in [7, 11) is 1.63. The number of fused-ring (bicyclic) bond motifs is 1. The van der Waals surface area contributed by atoms with Crippen molar-refractivity contribution in [1.82, 2.24) is 0 Å². The van der Waals surface area contributed by atoms with Gasteiger partial charge in [0.05, 0.1) is 25.7 Å². The van der Waals surface area contributed by atoms with Gasteiger partial charge in [-0.3, -0.25) is 0 Å². The van der Waals surface area contributed by atoms with Crippen molar-refractivity contribution in [3.8, 4) is 17.6 Å². The van der Waals surface area contributed by atoms with E-state index in [1.54, 1.807) is 7.11 Å². The van der Waals surface area contributed by atoms with Crippen LogP contribution in [0.2, 0.25) is 0 Å². The Morgan fingerprint density at radius 2 is 1.76 bits per heavy atom. The Bertz CT molecular complexity index is 911. The fraction of sp³-hybridized carbons (Fsp3) is 0.227. The van der Waals surface area contributed by atoms with Crippen LogP contribution < -0.4 is 9.47 Å². The van der Waals surface area contributed by atoms with Gasteiger partial charge in [-0.15, -0.1) is 0 Å². The molecule has 0 saturated carbocycles. The van der Waals surface area contributed by atoms with Crippen molar-refractivity contribution < 1.29 is 9.47 Å². The van der Waals surface area contributed by atoms with E-state index in [4.69, 9.17) is 9.47 Å². The van der Waals surface area contributed by atoms with Crippen molar-refractivity contribution in [2.24, 2.45) is 0 Å². The van der Waals surface area contributed by atoms with Crippen LogP contribution in [0.3, 0.4) is 0 Å². The molecule has 0 amide bonds. The maximum Gasteiger partial charge on any atom is 0.161 e. The van der Waals surface area contributed by atoms with Gasteiger partial charge >= 0.3 is 0 Å². The minimum absolute atomic E-state index is 0.201. The van der Waals surface area contributed by atoms with E-state index < -0.39 is 0 Å². The number of ether oxygens (including phenoxy) is 2. The van der Waals surface area contributed by atoms with Crippen molar-refractivity contribution in [1.29, 1.82) is 5.26 Å². The Morgan fingerprint density at radius 3 is 2.48 bits per heavy atom. The SMILES string of the molecule is CCOc1cc(CC(C#N)c2ccc3ccccc3c2)ccc1OC. The van der Waals surface area contributed by atoms with Gasteiger partial charge in [0.25, 0.3) is 0 Å². The number of nitrogens with zero attached hydrogens (tertiary/aromatic N) is 1. The number of hydrogen-bond acceptors (Lipinski definition) is 3. The molecule has 0 saturated heterocycles. The van der Waals surface area contributed by atoms with Gasteiger partial charge in [0.2, 0.25) is 0 Å². The standard InChI is InChI=1S/C22H21NO2/c1-3-25-22-13-16(8-11-21(22)24-2)12-20(15-23)19-10-9-17-6-4-5-7-18(17)14-19/h4-11,13-14,20H,3,12H2,1-2H3. The molecule has 0 aromatic heterocycles. The van der Waals surface area contributed by atoms with Crippen molar-refractivity contribution in [3.63, 3.8) is 0 Å². The molecule has 1 atom stereocenters. The summed E-state index contributed by atoms with van der Waals surface area (Å²) in [6.45, 7) is 2.52. The van der Waals surface area contributed by atoms with Crippen LogP contribution in [0.1, 0.15) is 24.0 Å². The first-order chi connectivity index (χ1) is 12.2. The van der Waals surface area contributed by atoms with Gasteiger partial charge in [-0.25, -0.2) is 0 Å². The van der Waals surface area contributed by atoms with Crippen LogP contribution in [0.25, 0.3) is 10.8 Å². The third-order valence-electron chi connectivity index (χ3n) is 4.30. The summed E-state index contributed by atoms with van der Waals surface area (Å²) in [6.07, 6.45) is 0.638. The highest BCUT2D eigenvalue weighted by Gasteiger charge is 2.14. The van der Waals surface area contributed by atoms with Crippen LogP contribution in [0, 0.1) is 11.3 Å². The zero-order valence-corrected chi connectivity index (χ0v) is 14.5. The van der Waals surface area contributed by atoms with Crippen LogP contribution in [-0.2, 0) is 6.42 Å². The molecule has 0 N–H and O–H groups in total. The first-order valence-electron chi connectivity index (χ1n) is 8.43. The van der Waals surface area contributed by atoms with Crippen molar-refractivity contribution in [2.45, 2.75) is 19.3 Å². The zero-order valence-electron chi connectivity index (χ0n) is 14.5. The van der Waals surface area contributed by atoms with E-state index in [0.29, 0.717) is 18.8 Å². The van der Waals surface area contributed by atoms with Crippen molar-refractivity contribution in [2.75, 3.05) is 13.7 Å². The predicted octanol–water partition coefficient (Wildman–Crippen LogP) is 5.10. The molecule has 0 spiro atoms. The van der Waals surface area contributed by atoms with Gasteiger partial charge in [-0.05, 0) is 53.4 Å². The minimum Gasteiger partial charge on any atom is -0.493 e. The minimum atomic E-state index is -0.201. The molecule has 0 aliphatic rings. The second kappa shape index (κ2) is 7.72. The largest absolute Gasteiger partial charge is 0.493 e. The first-order valence-corrected chi connectivity index (χ1v) is 8.43. The molecule has 3 rings (SSSR count). The summed E-state index contributed by atoms with van der Waals surface area (Å²) >= 11 is 0.